The number of amides is 1. The second-order valence-electron chi connectivity index (χ2n) is 3.99. The van der Waals surface area contributed by atoms with Crippen LogP contribution in [0.25, 0.3) is 10.6 Å². The van der Waals surface area contributed by atoms with Crippen molar-refractivity contribution in [3.8, 4) is 10.6 Å². The molecule has 2 rings (SSSR count). The lowest BCUT2D eigenvalue weighted by Gasteiger charge is -2.07. The fraction of sp³-hybridized carbons (Fsp3) is 0.154. The van der Waals surface area contributed by atoms with E-state index >= 15 is 0 Å². The minimum atomic E-state index is -1.02. The molecule has 104 valence electrons. The van der Waals surface area contributed by atoms with Crippen LogP contribution in [0.1, 0.15) is 17.4 Å². The molecule has 0 fully saturated rings. The number of rotatable bonds is 4. The Morgan fingerprint density at radius 2 is 2.00 bits per heavy atom. The molecule has 5 nitrogen and oxygen atoms in total. The molecule has 0 saturated heterocycles. The van der Waals surface area contributed by atoms with Gasteiger partial charge in [-0.2, -0.15) is 0 Å². The van der Waals surface area contributed by atoms with Crippen molar-refractivity contribution in [3.63, 3.8) is 0 Å². The molecular weight excluding hydrogens is 283 g/mol. The zero-order chi connectivity index (χ0) is 14.7. The maximum absolute atomic E-state index is 12.8. The highest BCUT2D eigenvalue weighted by Gasteiger charge is 2.19. The maximum atomic E-state index is 12.8. The molecule has 0 aliphatic rings. The van der Waals surface area contributed by atoms with E-state index in [1.165, 1.54) is 35.8 Å². The first-order valence-corrected chi connectivity index (χ1v) is 6.57. The molecule has 0 spiro atoms. The molecule has 20 heavy (non-hydrogen) atoms. The molecule has 0 saturated carbocycles. The second kappa shape index (κ2) is 5.79. The highest BCUT2D eigenvalue weighted by Crippen LogP contribution is 2.24. The maximum Gasteiger partial charge on any atom is 0.358 e. The highest BCUT2D eigenvalue weighted by molar-refractivity contribution is 7.13. The Bertz CT molecular complexity index is 639. The van der Waals surface area contributed by atoms with E-state index in [1.54, 1.807) is 12.1 Å². The van der Waals surface area contributed by atoms with E-state index < -0.39 is 18.0 Å². The summed E-state index contributed by atoms with van der Waals surface area (Å²) in [6, 6.07) is 5.75. The van der Waals surface area contributed by atoms with E-state index in [2.05, 4.69) is 4.98 Å². The average Bonchev–Trinajstić information content (AvgIpc) is 2.89. The van der Waals surface area contributed by atoms with E-state index in [-0.39, 0.29) is 11.5 Å². The quantitative estimate of drug-likeness (QED) is 0.874. The van der Waals surface area contributed by atoms with Gasteiger partial charge >= 0.3 is 5.97 Å². The number of carbonyl (C=O) groups is 2. The van der Waals surface area contributed by atoms with Crippen LogP contribution in [0.4, 0.5) is 4.39 Å². The Morgan fingerprint density at radius 1 is 1.35 bits per heavy atom. The average molecular weight is 294 g/mol. The fourth-order valence-electron chi connectivity index (χ4n) is 1.37. The van der Waals surface area contributed by atoms with Crippen LogP contribution >= 0.6 is 11.3 Å². The van der Waals surface area contributed by atoms with Gasteiger partial charge in [-0.1, -0.05) is 0 Å². The molecule has 1 heterocycles. The van der Waals surface area contributed by atoms with E-state index in [0.717, 1.165) is 0 Å². The molecule has 1 unspecified atom stereocenters. The van der Waals surface area contributed by atoms with Gasteiger partial charge < -0.3 is 10.5 Å². The Hall–Kier alpha value is -2.28. The third kappa shape index (κ3) is 3.18. The number of hydrogen-bond donors (Lipinski definition) is 1. The minimum absolute atomic E-state index is 0.0856. The number of thiazole rings is 1. The van der Waals surface area contributed by atoms with Crippen molar-refractivity contribution in [1.29, 1.82) is 0 Å². The molecule has 1 amide bonds. The van der Waals surface area contributed by atoms with Gasteiger partial charge in [0.2, 0.25) is 0 Å². The van der Waals surface area contributed by atoms with Gasteiger partial charge in [0, 0.05) is 10.9 Å². The molecule has 2 aromatic rings. The first-order chi connectivity index (χ1) is 9.47. The van der Waals surface area contributed by atoms with Crippen LogP contribution in [0.3, 0.4) is 0 Å². The van der Waals surface area contributed by atoms with Crippen LogP contribution < -0.4 is 5.73 Å². The van der Waals surface area contributed by atoms with Crippen molar-refractivity contribution in [2.75, 3.05) is 0 Å². The van der Waals surface area contributed by atoms with Crippen molar-refractivity contribution in [1.82, 2.24) is 4.98 Å². The zero-order valence-electron chi connectivity index (χ0n) is 10.5. The number of hydrogen-bond acceptors (Lipinski definition) is 5. The van der Waals surface area contributed by atoms with Crippen LogP contribution in [-0.2, 0) is 9.53 Å². The smallest absolute Gasteiger partial charge is 0.358 e. The van der Waals surface area contributed by atoms with Crippen molar-refractivity contribution in [2.45, 2.75) is 13.0 Å². The molecule has 0 radical (unpaired) electrons. The van der Waals surface area contributed by atoms with Gasteiger partial charge in [0.25, 0.3) is 5.91 Å². The zero-order valence-corrected chi connectivity index (χ0v) is 11.3. The Morgan fingerprint density at radius 3 is 2.60 bits per heavy atom. The number of esters is 1. The largest absolute Gasteiger partial charge is 0.448 e. The normalized spacial score (nSPS) is 11.9. The predicted octanol–water partition coefficient (Wildman–Crippen LogP) is 1.98. The van der Waals surface area contributed by atoms with E-state index in [9.17, 15) is 14.0 Å². The summed E-state index contributed by atoms with van der Waals surface area (Å²) in [7, 11) is 0. The molecule has 0 aliphatic carbocycles. The minimum Gasteiger partial charge on any atom is -0.448 e. The molecule has 1 aromatic carbocycles. The second-order valence-corrected chi connectivity index (χ2v) is 4.85. The topological polar surface area (TPSA) is 82.3 Å². The number of benzene rings is 1. The lowest BCUT2D eigenvalue weighted by atomic mass is 10.2. The summed E-state index contributed by atoms with van der Waals surface area (Å²) in [6.45, 7) is 1.38. The summed E-state index contributed by atoms with van der Waals surface area (Å²) >= 11 is 1.22. The Kier molecular flexibility index (Phi) is 4.09. The van der Waals surface area contributed by atoms with Crippen LogP contribution in [0, 0.1) is 5.82 Å². The molecule has 1 aromatic heterocycles. The van der Waals surface area contributed by atoms with Gasteiger partial charge in [-0.15, -0.1) is 11.3 Å². The molecular formula is C13H11FN2O3S. The van der Waals surface area contributed by atoms with Crippen molar-refractivity contribution >= 4 is 23.2 Å². The standard InChI is InChI=1S/C13H11FN2O3S/c1-7(11(15)17)19-13(18)10-6-20-12(16-10)8-2-4-9(14)5-3-8/h2-7H,1H3,(H2,15,17). The van der Waals surface area contributed by atoms with Crippen LogP contribution in [0.2, 0.25) is 0 Å². The summed E-state index contributed by atoms with van der Waals surface area (Å²) in [5.41, 5.74) is 5.78. The van der Waals surface area contributed by atoms with Gasteiger partial charge in [0.05, 0.1) is 0 Å². The Balaban J connectivity index is 2.14. The van der Waals surface area contributed by atoms with Gasteiger partial charge in [-0.25, -0.2) is 14.2 Å². The first-order valence-electron chi connectivity index (χ1n) is 5.69. The monoisotopic (exact) mass is 294 g/mol. The van der Waals surface area contributed by atoms with Gasteiger partial charge in [-0.3, -0.25) is 4.79 Å². The van der Waals surface area contributed by atoms with Gasteiger partial charge in [0.15, 0.2) is 11.8 Å². The van der Waals surface area contributed by atoms with Crippen molar-refractivity contribution in [2.24, 2.45) is 5.73 Å². The van der Waals surface area contributed by atoms with Crippen molar-refractivity contribution < 1.29 is 18.7 Å². The number of aromatic nitrogens is 1. The molecule has 0 bridgehead atoms. The highest BCUT2D eigenvalue weighted by atomic mass is 32.1. The van der Waals surface area contributed by atoms with E-state index in [0.29, 0.717) is 10.6 Å². The third-order valence-corrected chi connectivity index (χ3v) is 3.38. The summed E-state index contributed by atoms with van der Waals surface area (Å²) in [4.78, 5) is 26.6. The molecule has 1 atom stereocenters. The fourth-order valence-corrected chi connectivity index (χ4v) is 2.17. The van der Waals surface area contributed by atoms with Crippen molar-refractivity contribution in [3.05, 3.63) is 41.2 Å². The SMILES string of the molecule is CC(OC(=O)c1csc(-c2ccc(F)cc2)n1)C(N)=O. The summed E-state index contributed by atoms with van der Waals surface area (Å²) in [5, 5.41) is 2.07. The molecule has 2 N–H and O–H groups in total. The number of carbonyl (C=O) groups excluding carboxylic acids is 2. The lowest BCUT2D eigenvalue weighted by Crippen LogP contribution is -2.30. The van der Waals surface area contributed by atoms with E-state index in [1.807, 2.05) is 0 Å². The molecule has 0 aliphatic heterocycles. The summed E-state index contributed by atoms with van der Waals surface area (Å²) in [6.07, 6.45) is -1.02. The van der Waals surface area contributed by atoms with Crippen LogP contribution in [0.5, 0.6) is 0 Å². The number of primary amides is 1. The van der Waals surface area contributed by atoms with Gasteiger partial charge in [0.1, 0.15) is 10.8 Å². The van der Waals surface area contributed by atoms with Crippen LogP contribution in [-0.4, -0.2) is 23.0 Å². The molecule has 7 heteroatoms. The summed E-state index contributed by atoms with van der Waals surface area (Å²) in [5.74, 6) is -1.80. The lowest BCUT2D eigenvalue weighted by molar-refractivity contribution is -0.125. The predicted molar refractivity (Wildman–Crippen MR) is 71.6 cm³/mol. The van der Waals surface area contributed by atoms with Crippen LogP contribution in [0.15, 0.2) is 29.6 Å². The first kappa shape index (κ1) is 14.1. The number of nitrogens with zero attached hydrogens (tertiary/aromatic N) is 1. The number of nitrogens with two attached hydrogens (primary N) is 1. The summed E-state index contributed by atoms with van der Waals surface area (Å²) < 4.78 is 17.7. The number of ether oxygens (including phenoxy) is 1. The van der Waals surface area contributed by atoms with Gasteiger partial charge in [-0.05, 0) is 31.2 Å². The Labute approximate surface area is 118 Å². The van der Waals surface area contributed by atoms with E-state index in [4.69, 9.17) is 10.5 Å². The third-order valence-electron chi connectivity index (χ3n) is 2.49. The number of halogens is 1.